The van der Waals surface area contributed by atoms with Crippen LogP contribution in [0.3, 0.4) is 0 Å². The molecule has 1 fully saturated rings. The zero-order valence-electron chi connectivity index (χ0n) is 21.2. The summed E-state index contributed by atoms with van der Waals surface area (Å²) in [7, 11) is 0. The molecule has 0 saturated carbocycles. The van der Waals surface area contributed by atoms with Crippen LogP contribution in [-0.2, 0) is 6.42 Å². The molecular formula is C28H36N6S. The topological polar surface area (TPSA) is 58.3 Å². The van der Waals surface area contributed by atoms with Gasteiger partial charge < -0.3 is 5.43 Å². The average molecular weight is 489 g/mol. The number of hydrogen-bond donors (Lipinski definition) is 1. The van der Waals surface area contributed by atoms with Crippen LogP contribution in [-0.4, -0.2) is 25.7 Å². The minimum atomic E-state index is 0.115. The van der Waals surface area contributed by atoms with E-state index in [1.807, 2.05) is 4.68 Å². The first-order valence-electron chi connectivity index (χ1n) is 12.5. The first-order chi connectivity index (χ1) is 17.0. The Labute approximate surface area is 213 Å². The number of benzene rings is 2. The maximum Gasteiger partial charge on any atom is 0.192 e. The van der Waals surface area contributed by atoms with Gasteiger partial charge in [-0.1, -0.05) is 81.1 Å². The standard InChI is InChI=1S/C28H36N6S/c1-6-8-11-23-12-9-10-13-26(23)34-21(5)18-35-28(34)31-30-25(7-2)22-14-16-24(17-15-22)27-29-19-33(32-27)20(3)4/h9-10,12-17,19-20,25,30H,5-8,11,18H2,1-4H3/b31-28-. The van der Waals surface area contributed by atoms with Gasteiger partial charge in [0.15, 0.2) is 11.0 Å². The summed E-state index contributed by atoms with van der Waals surface area (Å²) in [5.74, 6) is 1.61. The summed E-state index contributed by atoms with van der Waals surface area (Å²) in [5, 5.41) is 10.4. The number of thioether (sulfide) groups is 1. The average Bonchev–Trinajstić information content (AvgIpc) is 3.51. The summed E-state index contributed by atoms with van der Waals surface area (Å²) in [5.41, 5.74) is 9.27. The lowest BCUT2D eigenvalue weighted by Gasteiger charge is -2.23. The number of rotatable bonds is 10. The van der Waals surface area contributed by atoms with Crippen LogP contribution in [0.25, 0.3) is 11.4 Å². The lowest BCUT2D eigenvalue weighted by Crippen LogP contribution is -2.26. The van der Waals surface area contributed by atoms with Crippen molar-refractivity contribution in [1.82, 2.24) is 20.2 Å². The SMILES string of the molecule is C=C1CS/C(=N\NC(CC)c2ccc(-c3ncn(C(C)C)n3)cc2)N1c1ccccc1CCCC. The van der Waals surface area contributed by atoms with E-state index in [2.05, 4.69) is 103 Å². The van der Waals surface area contributed by atoms with E-state index in [0.717, 1.165) is 40.8 Å². The van der Waals surface area contributed by atoms with E-state index in [0.29, 0.717) is 6.04 Å². The number of unbranched alkanes of at least 4 members (excludes halogenated alkanes) is 1. The van der Waals surface area contributed by atoms with Crippen LogP contribution in [0.5, 0.6) is 0 Å². The molecule has 4 rings (SSSR count). The summed E-state index contributed by atoms with van der Waals surface area (Å²) < 4.78 is 1.88. The van der Waals surface area contributed by atoms with Gasteiger partial charge in [-0.25, -0.2) is 9.67 Å². The Morgan fingerprint density at radius 2 is 1.89 bits per heavy atom. The van der Waals surface area contributed by atoms with Gasteiger partial charge in [0.1, 0.15) is 6.33 Å². The fourth-order valence-electron chi connectivity index (χ4n) is 4.13. The molecule has 7 heteroatoms. The molecule has 3 aromatic rings. The monoisotopic (exact) mass is 488 g/mol. The van der Waals surface area contributed by atoms with E-state index in [1.165, 1.54) is 29.7 Å². The van der Waals surface area contributed by atoms with E-state index in [1.54, 1.807) is 18.1 Å². The van der Waals surface area contributed by atoms with Gasteiger partial charge in [-0.15, -0.1) is 0 Å². The molecule has 1 saturated heterocycles. The maximum absolute atomic E-state index is 4.87. The second-order valence-electron chi connectivity index (χ2n) is 9.17. The van der Waals surface area contributed by atoms with Crippen LogP contribution >= 0.6 is 11.8 Å². The first-order valence-corrected chi connectivity index (χ1v) is 13.5. The zero-order valence-corrected chi connectivity index (χ0v) is 22.1. The van der Waals surface area contributed by atoms with Crippen molar-refractivity contribution >= 4 is 22.6 Å². The smallest absolute Gasteiger partial charge is 0.192 e. The van der Waals surface area contributed by atoms with Crippen molar-refractivity contribution in [3.63, 3.8) is 0 Å². The van der Waals surface area contributed by atoms with Crippen LogP contribution in [0, 0.1) is 0 Å². The number of aromatic nitrogens is 3. The minimum absolute atomic E-state index is 0.115. The highest BCUT2D eigenvalue weighted by molar-refractivity contribution is 8.14. The molecule has 0 bridgehead atoms. The Morgan fingerprint density at radius 3 is 2.57 bits per heavy atom. The minimum Gasteiger partial charge on any atom is -0.300 e. The number of hydrogen-bond acceptors (Lipinski definition) is 5. The van der Waals surface area contributed by atoms with Gasteiger partial charge in [-0.3, -0.25) is 4.90 Å². The van der Waals surface area contributed by atoms with Crippen LogP contribution in [0.2, 0.25) is 0 Å². The lowest BCUT2D eigenvalue weighted by atomic mass is 10.0. The highest BCUT2D eigenvalue weighted by Crippen LogP contribution is 2.35. The van der Waals surface area contributed by atoms with E-state index >= 15 is 0 Å². The van der Waals surface area contributed by atoms with Crippen LogP contribution in [0.1, 0.15) is 70.2 Å². The fourth-order valence-corrected chi connectivity index (χ4v) is 5.03. The third kappa shape index (κ3) is 5.78. The second kappa shape index (κ2) is 11.6. The van der Waals surface area contributed by atoms with Crippen molar-refractivity contribution < 1.29 is 0 Å². The van der Waals surface area contributed by atoms with Crippen LogP contribution in [0.15, 0.2) is 72.2 Å². The lowest BCUT2D eigenvalue weighted by molar-refractivity contribution is 0.532. The van der Waals surface area contributed by atoms with E-state index < -0.39 is 0 Å². The van der Waals surface area contributed by atoms with E-state index in [4.69, 9.17) is 5.10 Å². The van der Waals surface area contributed by atoms with Crippen molar-refractivity contribution in [2.75, 3.05) is 10.7 Å². The van der Waals surface area contributed by atoms with Crippen molar-refractivity contribution in [1.29, 1.82) is 0 Å². The van der Waals surface area contributed by atoms with Gasteiger partial charge in [0, 0.05) is 23.1 Å². The second-order valence-corrected chi connectivity index (χ2v) is 10.1. The molecule has 0 spiro atoms. The van der Waals surface area contributed by atoms with Gasteiger partial charge in [0.2, 0.25) is 0 Å². The molecule has 1 aliphatic heterocycles. The van der Waals surface area contributed by atoms with Crippen molar-refractivity contribution in [2.45, 2.75) is 65.5 Å². The molecule has 184 valence electrons. The number of anilines is 1. The molecular weight excluding hydrogens is 452 g/mol. The number of hydrazone groups is 1. The van der Waals surface area contributed by atoms with Crippen LogP contribution in [0.4, 0.5) is 5.69 Å². The molecule has 0 amide bonds. The molecule has 2 aromatic carbocycles. The summed E-state index contributed by atoms with van der Waals surface area (Å²) in [6.45, 7) is 12.9. The summed E-state index contributed by atoms with van der Waals surface area (Å²) >= 11 is 1.73. The van der Waals surface area contributed by atoms with Crippen LogP contribution < -0.4 is 10.3 Å². The number of aryl methyl sites for hydroxylation is 1. The Morgan fingerprint density at radius 1 is 1.11 bits per heavy atom. The van der Waals surface area contributed by atoms with Gasteiger partial charge in [0.25, 0.3) is 0 Å². The first kappa shape index (κ1) is 25.0. The Bertz CT molecular complexity index is 1160. The number of nitrogens with one attached hydrogen (secondary N) is 1. The summed E-state index contributed by atoms with van der Waals surface area (Å²) in [4.78, 5) is 6.68. The number of amidine groups is 1. The molecule has 35 heavy (non-hydrogen) atoms. The molecule has 2 heterocycles. The normalized spacial score (nSPS) is 15.9. The highest BCUT2D eigenvalue weighted by Gasteiger charge is 2.27. The molecule has 1 aliphatic rings. The van der Waals surface area contributed by atoms with Gasteiger partial charge in [-0.05, 0) is 50.3 Å². The van der Waals surface area contributed by atoms with E-state index in [9.17, 15) is 0 Å². The Kier molecular flexibility index (Phi) is 8.29. The van der Waals surface area contributed by atoms with Gasteiger partial charge in [-0.2, -0.15) is 10.2 Å². The zero-order chi connectivity index (χ0) is 24.8. The maximum atomic E-state index is 4.87. The molecule has 1 unspecified atom stereocenters. The third-order valence-electron chi connectivity index (χ3n) is 6.24. The van der Waals surface area contributed by atoms with Crippen molar-refractivity contribution in [2.24, 2.45) is 5.10 Å². The summed E-state index contributed by atoms with van der Waals surface area (Å²) in [6, 6.07) is 17.5. The van der Waals surface area contributed by atoms with E-state index in [-0.39, 0.29) is 6.04 Å². The molecule has 1 N–H and O–H groups in total. The Balaban J connectivity index is 1.51. The van der Waals surface area contributed by atoms with Gasteiger partial charge >= 0.3 is 0 Å². The van der Waals surface area contributed by atoms with Crippen molar-refractivity contribution in [3.8, 4) is 11.4 Å². The van der Waals surface area contributed by atoms with Crippen molar-refractivity contribution in [3.05, 3.63) is 78.3 Å². The Hall–Kier alpha value is -3.06. The van der Waals surface area contributed by atoms with Gasteiger partial charge in [0.05, 0.1) is 11.7 Å². The number of nitrogens with zero attached hydrogens (tertiary/aromatic N) is 5. The third-order valence-corrected chi connectivity index (χ3v) is 7.25. The molecule has 6 nitrogen and oxygen atoms in total. The molecule has 1 aromatic heterocycles. The molecule has 0 aliphatic carbocycles. The predicted molar refractivity (Wildman–Crippen MR) is 149 cm³/mol. The fraction of sp³-hybridized carbons (Fsp3) is 0.393. The highest BCUT2D eigenvalue weighted by atomic mass is 32.2. The molecule has 0 radical (unpaired) electrons. The predicted octanol–water partition coefficient (Wildman–Crippen LogP) is 6.95. The quantitative estimate of drug-likeness (QED) is 0.313. The molecule has 1 atom stereocenters. The summed E-state index contributed by atoms with van der Waals surface area (Å²) in [6.07, 6.45) is 6.14. The largest absolute Gasteiger partial charge is 0.300 e. The number of para-hydroxylation sites is 1.